The SMILES string of the molecule is C#CC(O)(CCCl)c1ccccc1. The van der Waals surface area contributed by atoms with Gasteiger partial charge >= 0.3 is 0 Å². The highest BCUT2D eigenvalue weighted by Crippen LogP contribution is 2.24. The molecule has 0 bridgehead atoms. The van der Waals surface area contributed by atoms with Gasteiger partial charge in [-0.05, 0) is 5.56 Å². The number of hydrogen-bond donors (Lipinski definition) is 1. The normalized spacial score (nSPS) is 14.5. The van der Waals surface area contributed by atoms with Crippen LogP contribution in [0.15, 0.2) is 30.3 Å². The van der Waals surface area contributed by atoms with Crippen LogP contribution in [0, 0.1) is 12.3 Å². The molecule has 0 aromatic heterocycles. The number of alkyl halides is 1. The van der Waals surface area contributed by atoms with Gasteiger partial charge in [-0.1, -0.05) is 36.3 Å². The van der Waals surface area contributed by atoms with Crippen LogP contribution >= 0.6 is 11.6 Å². The molecule has 0 aliphatic rings. The summed E-state index contributed by atoms with van der Waals surface area (Å²) in [5, 5.41) is 9.97. The number of halogens is 1. The van der Waals surface area contributed by atoms with Crippen molar-refractivity contribution < 1.29 is 5.11 Å². The largest absolute Gasteiger partial charge is 0.373 e. The molecular weight excluding hydrogens is 184 g/mol. The summed E-state index contributed by atoms with van der Waals surface area (Å²) in [6, 6.07) is 9.15. The van der Waals surface area contributed by atoms with Gasteiger partial charge in [0.1, 0.15) is 0 Å². The lowest BCUT2D eigenvalue weighted by atomic mass is 9.92. The molecule has 0 saturated heterocycles. The van der Waals surface area contributed by atoms with Gasteiger partial charge in [0, 0.05) is 12.3 Å². The highest BCUT2D eigenvalue weighted by molar-refractivity contribution is 6.17. The fourth-order valence-electron chi connectivity index (χ4n) is 1.15. The van der Waals surface area contributed by atoms with Gasteiger partial charge in [0.25, 0.3) is 0 Å². The van der Waals surface area contributed by atoms with Crippen molar-refractivity contribution in [2.45, 2.75) is 12.0 Å². The minimum absolute atomic E-state index is 0.343. The molecule has 68 valence electrons. The van der Waals surface area contributed by atoms with Gasteiger partial charge in [0.15, 0.2) is 5.60 Å². The molecule has 1 unspecified atom stereocenters. The molecule has 0 spiro atoms. The molecule has 2 heteroatoms. The fourth-order valence-corrected chi connectivity index (χ4v) is 1.42. The van der Waals surface area contributed by atoms with E-state index in [2.05, 4.69) is 5.92 Å². The first kappa shape index (κ1) is 10.1. The molecule has 0 radical (unpaired) electrons. The molecule has 0 aliphatic heterocycles. The topological polar surface area (TPSA) is 20.2 Å². The molecule has 1 atom stereocenters. The highest BCUT2D eigenvalue weighted by atomic mass is 35.5. The third-order valence-corrected chi connectivity index (χ3v) is 2.14. The van der Waals surface area contributed by atoms with Gasteiger partial charge in [-0.2, -0.15) is 0 Å². The maximum absolute atomic E-state index is 9.97. The predicted octanol–water partition coefficient (Wildman–Crippen LogP) is 2.14. The monoisotopic (exact) mass is 194 g/mol. The van der Waals surface area contributed by atoms with E-state index in [0.717, 1.165) is 5.56 Å². The van der Waals surface area contributed by atoms with E-state index in [-0.39, 0.29) is 0 Å². The molecule has 0 fully saturated rings. The van der Waals surface area contributed by atoms with Crippen molar-refractivity contribution in [3.63, 3.8) is 0 Å². The number of benzene rings is 1. The minimum atomic E-state index is -1.22. The van der Waals surface area contributed by atoms with E-state index in [0.29, 0.717) is 12.3 Å². The average molecular weight is 195 g/mol. The van der Waals surface area contributed by atoms with E-state index in [1.165, 1.54) is 0 Å². The Bertz CT molecular complexity index is 302. The quantitative estimate of drug-likeness (QED) is 0.578. The molecule has 0 amide bonds. The minimum Gasteiger partial charge on any atom is -0.373 e. The number of hydrogen-bond acceptors (Lipinski definition) is 1. The number of terminal acetylenes is 1. The Morgan fingerprint density at radius 1 is 1.38 bits per heavy atom. The maximum Gasteiger partial charge on any atom is 0.151 e. The first-order valence-corrected chi connectivity index (χ1v) is 4.58. The van der Waals surface area contributed by atoms with Crippen LogP contribution in [0.1, 0.15) is 12.0 Å². The Morgan fingerprint density at radius 2 is 2.00 bits per heavy atom. The Labute approximate surface area is 83.4 Å². The smallest absolute Gasteiger partial charge is 0.151 e. The second-order valence-corrected chi connectivity index (χ2v) is 3.19. The summed E-state index contributed by atoms with van der Waals surface area (Å²) in [7, 11) is 0. The average Bonchev–Trinajstić information content (AvgIpc) is 2.19. The molecule has 1 nitrogen and oxygen atoms in total. The van der Waals surface area contributed by atoms with Crippen LogP contribution in [0.25, 0.3) is 0 Å². The molecule has 13 heavy (non-hydrogen) atoms. The summed E-state index contributed by atoms with van der Waals surface area (Å²) < 4.78 is 0. The van der Waals surface area contributed by atoms with E-state index in [4.69, 9.17) is 18.0 Å². The summed E-state index contributed by atoms with van der Waals surface area (Å²) in [4.78, 5) is 0. The molecule has 1 rings (SSSR count). The van der Waals surface area contributed by atoms with Gasteiger partial charge in [-0.25, -0.2) is 0 Å². The lowest BCUT2D eigenvalue weighted by Crippen LogP contribution is -2.23. The molecule has 0 aliphatic carbocycles. The maximum atomic E-state index is 9.97. The van der Waals surface area contributed by atoms with Crippen LogP contribution in [-0.2, 0) is 5.60 Å². The summed E-state index contributed by atoms with van der Waals surface area (Å²) in [5.41, 5.74) is -0.499. The van der Waals surface area contributed by atoms with Gasteiger partial charge in [0.2, 0.25) is 0 Å². The standard InChI is InChI=1S/C11H11ClO/c1-2-11(13,8-9-12)10-6-4-3-5-7-10/h1,3-7,13H,8-9H2. The van der Waals surface area contributed by atoms with Crippen LogP contribution in [0.2, 0.25) is 0 Å². The van der Waals surface area contributed by atoms with Crippen molar-refractivity contribution in [2.24, 2.45) is 0 Å². The van der Waals surface area contributed by atoms with Crippen molar-refractivity contribution >= 4 is 11.6 Å². The third kappa shape index (κ3) is 2.24. The van der Waals surface area contributed by atoms with Crippen LogP contribution < -0.4 is 0 Å². The molecule has 1 N–H and O–H groups in total. The van der Waals surface area contributed by atoms with Gasteiger partial charge in [0.05, 0.1) is 0 Å². The lowest BCUT2D eigenvalue weighted by molar-refractivity contribution is 0.0971. The van der Waals surface area contributed by atoms with Gasteiger partial charge in [-0.15, -0.1) is 18.0 Å². The van der Waals surface area contributed by atoms with Gasteiger partial charge in [-0.3, -0.25) is 0 Å². The second kappa shape index (κ2) is 4.32. The van der Waals surface area contributed by atoms with Crippen molar-refractivity contribution in [2.75, 3.05) is 5.88 Å². The first-order valence-electron chi connectivity index (χ1n) is 4.04. The van der Waals surface area contributed by atoms with E-state index in [1.807, 2.05) is 18.2 Å². The van der Waals surface area contributed by atoms with Crippen molar-refractivity contribution in [1.82, 2.24) is 0 Å². The van der Waals surface area contributed by atoms with Crippen molar-refractivity contribution in [3.05, 3.63) is 35.9 Å². The first-order chi connectivity index (χ1) is 6.23. The number of aliphatic hydroxyl groups is 1. The lowest BCUT2D eigenvalue weighted by Gasteiger charge is -2.21. The van der Waals surface area contributed by atoms with Crippen molar-refractivity contribution in [3.8, 4) is 12.3 Å². The summed E-state index contributed by atoms with van der Waals surface area (Å²) in [6.07, 6.45) is 5.64. The zero-order valence-electron chi connectivity index (χ0n) is 7.20. The van der Waals surface area contributed by atoms with Crippen LogP contribution in [-0.4, -0.2) is 11.0 Å². The van der Waals surface area contributed by atoms with E-state index < -0.39 is 5.60 Å². The summed E-state index contributed by atoms with van der Waals surface area (Å²) in [5.74, 6) is 2.71. The zero-order valence-corrected chi connectivity index (χ0v) is 7.96. The molecule has 0 heterocycles. The Hall–Kier alpha value is -0.970. The van der Waals surface area contributed by atoms with Crippen LogP contribution in [0.5, 0.6) is 0 Å². The predicted molar refractivity (Wildman–Crippen MR) is 54.5 cm³/mol. The van der Waals surface area contributed by atoms with Crippen molar-refractivity contribution in [1.29, 1.82) is 0 Å². The Kier molecular flexibility index (Phi) is 3.36. The molecule has 1 aromatic rings. The molecule has 0 saturated carbocycles. The van der Waals surface area contributed by atoms with E-state index in [1.54, 1.807) is 12.1 Å². The highest BCUT2D eigenvalue weighted by Gasteiger charge is 2.24. The second-order valence-electron chi connectivity index (χ2n) is 2.81. The van der Waals surface area contributed by atoms with E-state index >= 15 is 0 Å². The van der Waals surface area contributed by atoms with Gasteiger partial charge < -0.3 is 5.11 Å². The number of rotatable bonds is 3. The Balaban J connectivity index is 2.98. The molecular formula is C11H11ClO. The van der Waals surface area contributed by atoms with Crippen LogP contribution in [0.3, 0.4) is 0 Å². The summed E-state index contributed by atoms with van der Waals surface area (Å²) >= 11 is 5.56. The third-order valence-electron chi connectivity index (χ3n) is 1.95. The molecule has 1 aromatic carbocycles. The van der Waals surface area contributed by atoms with Crippen LogP contribution in [0.4, 0.5) is 0 Å². The van der Waals surface area contributed by atoms with E-state index in [9.17, 15) is 5.11 Å². The zero-order chi connectivity index (χ0) is 9.73. The fraction of sp³-hybridized carbons (Fsp3) is 0.273. The summed E-state index contributed by atoms with van der Waals surface area (Å²) in [6.45, 7) is 0. The Morgan fingerprint density at radius 3 is 2.46 bits per heavy atom.